The van der Waals surface area contributed by atoms with Crippen LogP contribution in [0.5, 0.6) is 0 Å². The van der Waals surface area contributed by atoms with Gasteiger partial charge in [-0.2, -0.15) is 0 Å². The van der Waals surface area contributed by atoms with Gasteiger partial charge in [0.1, 0.15) is 11.5 Å². The predicted octanol–water partition coefficient (Wildman–Crippen LogP) is 0.980. The van der Waals surface area contributed by atoms with E-state index in [0.29, 0.717) is 18.1 Å². The van der Waals surface area contributed by atoms with Crippen molar-refractivity contribution in [3.05, 3.63) is 18.1 Å². The highest BCUT2D eigenvalue weighted by molar-refractivity contribution is 5.91. The quantitative estimate of drug-likeness (QED) is 0.686. The van der Waals surface area contributed by atoms with E-state index >= 15 is 0 Å². The molecule has 1 rings (SSSR count). The lowest BCUT2D eigenvalue weighted by molar-refractivity contribution is 0.0948. The molecule has 0 aliphatic rings. The number of unbranched alkanes of at least 4 members (excludes halogenated alkanes) is 1. The number of amides is 1. The second-order valence-corrected chi connectivity index (χ2v) is 4.63. The topological polar surface area (TPSA) is 70.2 Å². The minimum absolute atomic E-state index is 0.166. The average molecular weight is 265 g/mol. The van der Waals surface area contributed by atoms with Gasteiger partial charge < -0.3 is 15.5 Å². The largest absolute Gasteiger partial charge is 0.368 e. The third-order valence-corrected chi connectivity index (χ3v) is 2.57. The first-order chi connectivity index (χ1) is 9.13. The lowest BCUT2D eigenvalue weighted by Gasteiger charge is -2.10. The van der Waals surface area contributed by atoms with Crippen LogP contribution >= 0.6 is 0 Å². The van der Waals surface area contributed by atoms with Gasteiger partial charge in [0.25, 0.3) is 5.91 Å². The van der Waals surface area contributed by atoms with Gasteiger partial charge in [-0.3, -0.25) is 4.79 Å². The first-order valence-corrected chi connectivity index (χ1v) is 6.62. The Labute approximate surface area is 114 Å². The summed E-state index contributed by atoms with van der Waals surface area (Å²) < 4.78 is 0. The number of carbonyl (C=O) groups is 1. The molecule has 6 heteroatoms. The Kier molecular flexibility index (Phi) is 6.81. The van der Waals surface area contributed by atoms with Crippen molar-refractivity contribution in [2.24, 2.45) is 0 Å². The second kappa shape index (κ2) is 8.42. The zero-order chi connectivity index (χ0) is 14.1. The number of anilines is 1. The summed E-state index contributed by atoms with van der Waals surface area (Å²) in [6, 6.07) is 0. The lowest BCUT2D eigenvalue weighted by atomic mass is 10.3. The van der Waals surface area contributed by atoms with Crippen LogP contribution in [0.3, 0.4) is 0 Å². The second-order valence-electron chi connectivity index (χ2n) is 4.63. The molecule has 0 atom stereocenters. The molecule has 1 amide bonds. The Hall–Kier alpha value is -1.69. The van der Waals surface area contributed by atoms with Crippen molar-refractivity contribution < 1.29 is 4.79 Å². The van der Waals surface area contributed by atoms with Crippen LogP contribution in [0.25, 0.3) is 0 Å². The summed E-state index contributed by atoms with van der Waals surface area (Å²) in [5.41, 5.74) is 0.356. The van der Waals surface area contributed by atoms with Crippen LogP contribution in [-0.4, -0.2) is 54.5 Å². The molecule has 2 N–H and O–H groups in total. The fourth-order valence-electron chi connectivity index (χ4n) is 1.41. The molecule has 0 spiro atoms. The highest BCUT2D eigenvalue weighted by Crippen LogP contribution is 2.00. The van der Waals surface area contributed by atoms with Crippen molar-refractivity contribution in [2.75, 3.05) is 39.0 Å². The smallest absolute Gasteiger partial charge is 0.271 e. The first-order valence-electron chi connectivity index (χ1n) is 6.62. The normalized spacial score (nSPS) is 10.5. The van der Waals surface area contributed by atoms with Crippen LogP contribution < -0.4 is 10.6 Å². The number of hydrogen-bond acceptors (Lipinski definition) is 5. The van der Waals surface area contributed by atoms with Gasteiger partial charge in [-0.05, 0) is 20.5 Å². The van der Waals surface area contributed by atoms with Crippen LogP contribution in [0.2, 0.25) is 0 Å². The standard InChI is InChI=1S/C13H23N5O/c1-4-5-6-15-13(19)11-9-17-12(10-16-11)14-7-8-18(2)3/h9-10H,4-8H2,1-3H3,(H,14,17)(H,15,19). The molecule has 1 heterocycles. The summed E-state index contributed by atoms with van der Waals surface area (Å²) in [6.45, 7) is 4.48. The van der Waals surface area contributed by atoms with E-state index in [1.54, 1.807) is 6.20 Å². The third-order valence-electron chi connectivity index (χ3n) is 2.57. The van der Waals surface area contributed by atoms with Crippen LogP contribution in [-0.2, 0) is 0 Å². The van der Waals surface area contributed by atoms with Crippen LogP contribution in [0.1, 0.15) is 30.3 Å². The molecule has 1 aromatic rings. The molecule has 19 heavy (non-hydrogen) atoms. The summed E-state index contributed by atoms with van der Waals surface area (Å²) in [5.74, 6) is 0.521. The van der Waals surface area contributed by atoms with E-state index in [1.165, 1.54) is 6.20 Å². The van der Waals surface area contributed by atoms with Crippen molar-refractivity contribution >= 4 is 11.7 Å². The molecule has 0 aliphatic heterocycles. The van der Waals surface area contributed by atoms with Gasteiger partial charge in [0.15, 0.2) is 0 Å². The molecule has 0 fully saturated rings. The monoisotopic (exact) mass is 265 g/mol. The minimum Gasteiger partial charge on any atom is -0.368 e. The molecule has 0 radical (unpaired) electrons. The van der Waals surface area contributed by atoms with Crippen LogP contribution in [0.15, 0.2) is 12.4 Å². The number of rotatable bonds is 8. The van der Waals surface area contributed by atoms with Gasteiger partial charge in [-0.1, -0.05) is 13.3 Å². The SMILES string of the molecule is CCCCNC(=O)c1cnc(NCCN(C)C)cn1. The van der Waals surface area contributed by atoms with Crippen molar-refractivity contribution in [3.63, 3.8) is 0 Å². The highest BCUT2D eigenvalue weighted by atomic mass is 16.1. The molecule has 1 aromatic heterocycles. The molecule has 0 saturated carbocycles. The zero-order valence-corrected chi connectivity index (χ0v) is 11.9. The van der Waals surface area contributed by atoms with Crippen molar-refractivity contribution in [1.29, 1.82) is 0 Å². The third kappa shape index (κ3) is 6.15. The van der Waals surface area contributed by atoms with Gasteiger partial charge in [-0.25, -0.2) is 9.97 Å². The Morgan fingerprint density at radius 2 is 2.05 bits per heavy atom. The van der Waals surface area contributed by atoms with E-state index < -0.39 is 0 Å². The van der Waals surface area contributed by atoms with Gasteiger partial charge in [0, 0.05) is 19.6 Å². The summed E-state index contributed by atoms with van der Waals surface area (Å²) in [6.07, 6.45) is 5.12. The maximum atomic E-state index is 11.7. The highest BCUT2D eigenvalue weighted by Gasteiger charge is 2.06. The van der Waals surface area contributed by atoms with E-state index in [4.69, 9.17) is 0 Å². The minimum atomic E-state index is -0.166. The van der Waals surface area contributed by atoms with Crippen molar-refractivity contribution in [3.8, 4) is 0 Å². The zero-order valence-electron chi connectivity index (χ0n) is 11.9. The molecular weight excluding hydrogens is 242 g/mol. The molecule has 0 aromatic carbocycles. The van der Waals surface area contributed by atoms with Crippen LogP contribution in [0, 0.1) is 0 Å². The van der Waals surface area contributed by atoms with Crippen molar-refractivity contribution in [2.45, 2.75) is 19.8 Å². The molecule has 0 saturated heterocycles. The number of nitrogens with zero attached hydrogens (tertiary/aromatic N) is 3. The molecule has 106 valence electrons. The molecule has 0 bridgehead atoms. The number of likely N-dealkylation sites (N-methyl/N-ethyl adjacent to an activating group) is 1. The van der Waals surface area contributed by atoms with E-state index in [-0.39, 0.29) is 5.91 Å². The van der Waals surface area contributed by atoms with Gasteiger partial charge in [0.05, 0.1) is 12.4 Å². The predicted molar refractivity (Wildman–Crippen MR) is 76.3 cm³/mol. The average Bonchev–Trinajstić information content (AvgIpc) is 2.39. The number of nitrogens with one attached hydrogen (secondary N) is 2. The number of aromatic nitrogens is 2. The summed E-state index contributed by atoms with van der Waals surface area (Å²) in [7, 11) is 4.02. The van der Waals surface area contributed by atoms with E-state index in [1.807, 2.05) is 14.1 Å². The Morgan fingerprint density at radius 3 is 2.63 bits per heavy atom. The molecular formula is C13H23N5O. The molecule has 0 aliphatic carbocycles. The maximum Gasteiger partial charge on any atom is 0.271 e. The number of hydrogen-bond donors (Lipinski definition) is 2. The van der Waals surface area contributed by atoms with Gasteiger partial charge >= 0.3 is 0 Å². The number of carbonyl (C=O) groups excluding carboxylic acids is 1. The fraction of sp³-hybridized carbons (Fsp3) is 0.615. The van der Waals surface area contributed by atoms with E-state index in [9.17, 15) is 4.79 Å². The Morgan fingerprint density at radius 1 is 1.26 bits per heavy atom. The first kappa shape index (κ1) is 15.4. The summed E-state index contributed by atoms with van der Waals surface area (Å²) in [5, 5.41) is 5.96. The summed E-state index contributed by atoms with van der Waals surface area (Å²) >= 11 is 0. The lowest BCUT2D eigenvalue weighted by Crippen LogP contribution is -2.25. The maximum absolute atomic E-state index is 11.7. The van der Waals surface area contributed by atoms with Crippen molar-refractivity contribution in [1.82, 2.24) is 20.2 Å². The molecule has 6 nitrogen and oxygen atoms in total. The summed E-state index contributed by atoms with van der Waals surface area (Å²) in [4.78, 5) is 22.0. The van der Waals surface area contributed by atoms with E-state index in [2.05, 4.69) is 32.4 Å². The fourth-order valence-corrected chi connectivity index (χ4v) is 1.41. The van der Waals surface area contributed by atoms with Crippen LogP contribution in [0.4, 0.5) is 5.82 Å². The van der Waals surface area contributed by atoms with Gasteiger partial charge in [-0.15, -0.1) is 0 Å². The van der Waals surface area contributed by atoms with E-state index in [0.717, 1.165) is 25.9 Å². The molecule has 0 unspecified atom stereocenters. The Bertz CT molecular complexity index is 377. The van der Waals surface area contributed by atoms with Gasteiger partial charge in [0.2, 0.25) is 0 Å². The Balaban J connectivity index is 2.40.